The van der Waals surface area contributed by atoms with Crippen molar-refractivity contribution in [3.63, 3.8) is 0 Å². The first-order valence-electron chi connectivity index (χ1n) is 5.87. The zero-order valence-electron chi connectivity index (χ0n) is 11.1. The molecular formula is C13H20N2O3. The van der Waals surface area contributed by atoms with Crippen molar-refractivity contribution in [3.05, 3.63) is 29.6 Å². The molecule has 0 radical (unpaired) electrons. The van der Waals surface area contributed by atoms with Crippen molar-refractivity contribution in [1.29, 1.82) is 0 Å². The van der Waals surface area contributed by atoms with Crippen LogP contribution in [-0.4, -0.2) is 41.9 Å². The second-order valence-corrected chi connectivity index (χ2v) is 4.61. The van der Waals surface area contributed by atoms with E-state index in [1.165, 1.54) is 0 Å². The minimum absolute atomic E-state index is 0.191. The predicted octanol–water partition coefficient (Wildman–Crippen LogP) is 0.907. The molecule has 18 heavy (non-hydrogen) atoms. The number of ether oxygens (including phenoxy) is 1. The molecule has 1 atom stereocenters. The number of nitrogens with one attached hydrogen (secondary N) is 1. The number of carbonyl (C=O) groups is 1. The number of methoxy groups -OCH3 is 1. The van der Waals surface area contributed by atoms with Crippen LogP contribution in [0.25, 0.3) is 0 Å². The highest BCUT2D eigenvalue weighted by Gasteiger charge is 2.21. The van der Waals surface area contributed by atoms with E-state index in [4.69, 9.17) is 4.74 Å². The van der Waals surface area contributed by atoms with Gasteiger partial charge in [0.25, 0.3) is 5.91 Å². The van der Waals surface area contributed by atoms with Crippen LogP contribution in [0.3, 0.4) is 0 Å². The minimum Gasteiger partial charge on any atom is -0.388 e. The van der Waals surface area contributed by atoms with Crippen molar-refractivity contribution in [2.45, 2.75) is 25.9 Å². The van der Waals surface area contributed by atoms with Crippen LogP contribution in [-0.2, 0) is 4.74 Å². The van der Waals surface area contributed by atoms with Crippen LogP contribution in [0.2, 0.25) is 0 Å². The zero-order valence-corrected chi connectivity index (χ0v) is 11.1. The van der Waals surface area contributed by atoms with Crippen LogP contribution in [0.15, 0.2) is 18.3 Å². The number of hydrogen-bond donors (Lipinski definition) is 2. The molecule has 1 rings (SSSR count). The van der Waals surface area contributed by atoms with Gasteiger partial charge in [-0.15, -0.1) is 0 Å². The Kier molecular flexibility index (Phi) is 5.25. The van der Waals surface area contributed by atoms with Crippen molar-refractivity contribution in [1.82, 2.24) is 10.3 Å². The van der Waals surface area contributed by atoms with Crippen LogP contribution in [0.5, 0.6) is 0 Å². The number of aryl methyl sites for hydroxylation is 1. The summed E-state index contributed by atoms with van der Waals surface area (Å²) in [6.07, 6.45) is 2.06. The fraction of sp³-hybridized carbons (Fsp3) is 0.538. The standard InChI is InChI=1S/C13H20N2O3/c1-10-8-11(4-6-14-10)12(16)15-9-13(2,17)5-7-18-3/h4,6,8,17H,5,7,9H2,1-3H3,(H,15,16). The number of nitrogens with zero attached hydrogens (tertiary/aromatic N) is 1. The van der Waals surface area contributed by atoms with E-state index in [0.29, 0.717) is 18.6 Å². The van der Waals surface area contributed by atoms with Crippen molar-refractivity contribution in [3.8, 4) is 0 Å². The van der Waals surface area contributed by atoms with Gasteiger partial charge in [-0.2, -0.15) is 0 Å². The van der Waals surface area contributed by atoms with E-state index in [9.17, 15) is 9.90 Å². The van der Waals surface area contributed by atoms with Gasteiger partial charge in [0.2, 0.25) is 0 Å². The summed E-state index contributed by atoms with van der Waals surface area (Å²) in [5.41, 5.74) is 0.368. The monoisotopic (exact) mass is 252 g/mol. The number of aromatic nitrogens is 1. The Labute approximate surface area is 107 Å². The van der Waals surface area contributed by atoms with Gasteiger partial charge < -0.3 is 15.2 Å². The summed E-state index contributed by atoms with van der Waals surface area (Å²) in [6, 6.07) is 3.35. The lowest BCUT2D eigenvalue weighted by molar-refractivity contribution is 0.0243. The molecule has 0 fully saturated rings. The number of aliphatic hydroxyl groups is 1. The quantitative estimate of drug-likeness (QED) is 0.789. The van der Waals surface area contributed by atoms with Crippen molar-refractivity contribution in [2.24, 2.45) is 0 Å². The van der Waals surface area contributed by atoms with Gasteiger partial charge in [-0.05, 0) is 26.0 Å². The SMILES string of the molecule is COCCC(C)(O)CNC(=O)c1ccnc(C)c1. The van der Waals surface area contributed by atoms with Crippen molar-refractivity contribution in [2.75, 3.05) is 20.3 Å². The Balaban J connectivity index is 2.50. The molecule has 0 aliphatic heterocycles. The largest absolute Gasteiger partial charge is 0.388 e. The summed E-state index contributed by atoms with van der Waals surface area (Å²) in [4.78, 5) is 15.9. The second-order valence-electron chi connectivity index (χ2n) is 4.61. The highest BCUT2D eigenvalue weighted by Crippen LogP contribution is 2.08. The van der Waals surface area contributed by atoms with Gasteiger partial charge in [0, 0.05) is 44.1 Å². The predicted molar refractivity (Wildman–Crippen MR) is 68.4 cm³/mol. The topological polar surface area (TPSA) is 71.5 Å². The average molecular weight is 252 g/mol. The number of amides is 1. The molecule has 5 nitrogen and oxygen atoms in total. The van der Waals surface area contributed by atoms with Crippen molar-refractivity contribution < 1.29 is 14.6 Å². The molecule has 1 aromatic heterocycles. The maximum atomic E-state index is 11.8. The number of rotatable bonds is 6. The highest BCUT2D eigenvalue weighted by atomic mass is 16.5. The van der Waals surface area contributed by atoms with Gasteiger partial charge in [0.1, 0.15) is 0 Å². The van der Waals surface area contributed by atoms with E-state index >= 15 is 0 Å². The molecule has 0 aromatic carbocycles. The summed E-state index contributed by atoms with van der Waals surface area (Å²) in [5.74, 6) is -0.210. The lowest BCUT2D eigenvalue weighted by atomic mass is 10.0. The van der Waals surface area contributed by atoms with Gasteiger partial charge >= 0.3 is 0 Å². The molecule has 100 valence electrons. The second kappa shape index (κ2) is 6.47. The summed E-state index contributed by atoms with van der Waals surface area (Å²) in [7, 11) is 1.58. The Morgan fingerprint density at radius 1 is 1.61 bits per heavy atom. The van der Waals surface area contributed by atoms with Gasteiger partial charge in [0.05, 0.1) is 5.60 Å². The van der Waals surface area contributed by atoms with Crippen LogP contribution in [0.1, 0.15) is 29.4 Å². The van der Waals surface area contributed by atoms with Crippen LogP contribution >= 0.6 is 0 Å². The Morgan fingerprint density at radius 2 is 2.33 bits per heavy atom. The van der Waals surface area contributed by atoms with Crippen LogP contribution < -0.4 is 5.32 Å². The average Bonchev–Trinajstić information content (AvgIpc) is 2.34. The molecule has 0 bridgehead atoms. The number of carbonyl (C=O) groups excluding carboxylic acids is 1. The van der Waals surface area contributed by atoms with E-state index in [1.807, 2.05) is 6.92 Å². The molecule has 0 spiro atoms. The molecule has 1 aromatic rings. The smallest absolute Gasteiger partial charge is 0.251 e. The van der Waals surface area contributed by atoms with E-state index in [0.717, 1.165) is 5.69 Å². The zero-order chi connectivity index (χ0) is 13.6. The van der Waals surface area contributed by atoms with Gasteiger partial charge in [-0.25, -0.2) is 0 Å². The molecule has 1 heterocycles. The first-order chi connectivity index (χ1) is 8.44. The first kappa shape index (κ1) is 14.6. The number of hydrogen-bond acceptors (Lipinski definition) is 4. The van der Waals surface area contributed by atoms with E-state index in [-0.39, 0.29) is 12.5 Å². The highest BCUT2D eigenvalue weighted by molar-refractivity contribution is 5.94. The van der Waals surface area contributed by atoms with Gasteiger partial charge in [0.15, 0.2) is 0 Å². The third-order valence-corrected chi connectivity index (χ3v) is 2.63. The van der Waals surface area contributed by atoms with E-state index in [1.54, 1.807) is 32.4 Å². The van der Waals surface area contributed by atoms with Gasteiger partial charge in [-0.3, -0.25) is 9.78 Å². The van der Waals surface area contributed by atoms with Gasteiger partial charge in [-0.1, -0.05) is 0 Å². The Hall–Kier alpha value is -1.46. The maximum absolute atomic E-state index is 11.8. The summed E-state index contributed by atoms with van der Waals surface area (Å²) < 4.78 is 4.90. The van der Waals surface area contributed by atoms with E-state index in [2.05, 4.69) is 10.3 Å². The normalized spacial score (nSPS) is 14.0. The Bertz CT molecular complexity index is 405. The molecule has 0 saturated carbocycles. The fourth-order valence-corrected chi connectivity index (χ4v) is 1.47. The van der Waals surface area contributed by atoms with Crippen LogP contribution in [0.4, 0.5) is 0 Å². The lowest BCUT2D eigenvalue weighted by Gasteiger charge is -2.23. The third kappa shape index (κ3) is 4.81. The molecule has 0 aliphatic carbocycles. The third-order valence-electron chi connectivity index (χ3n) is 2.63. The molecular weight excluding hydrogens is 232 g/mol. The van der Waals surface area contributed by atoms with Crippen LogP contribution in [0, 0.1) is 6.92 Å². The molecule has 0 saturated heterocycles. The van der Waals surface area contributed by atoms with Crippen molar-refractivity contribution >= 4 is 5.91 Å². The first-order valence-corrected chi connectivity index (χ1v) is 5.87. The minimum atomic E-state index is -0.965. The maximum Gasteiger partial charge on any atom is 0.251 e. The summed E-state index contributed by atoms with van der Waals surface area (Å²) >= 11 is 0. The van der Waals surface area contributed by atoms with E-state index < -0.39 is 5.60 Å². The number of pyridine rings is 1. The molecule has 2 N–H and O–H groups in total. The lowest BCUT2D eigenvalue weighted by Crippen LogP contribution is -2.41. The molecule has 1 amide bonds. The molecule has 0 aliphatic rings. The Morgan fingerprint density at radius 3 is 2.94 bits per heavy atom. The molecule has 1 unspecified atom stereocenters. The fourth-order valence-electron chi connectivity index (χ4n) is 1.47. The summed E-state index contributed by atoms with van der Waals surface area (Å²) in [5, 5.41) is 12.7. The summed E-state index contributed by atoms with van der Waals surface area (Å²) in [6.45, 7) is 4.14. The molecule has 5 heteroatoms.